The Morgan fingerprint density at radius 2 is 1.93 bits per heavy atom. The zero-order valence-corrected chi connectivity index (χ0v) is 26.7. The Morgan fingerprint density at radius 3 is 2.61 bits per heavy atom. The predicted octanol–water partition coefficient (Wildman–Crippen LogP) is 6.12. The SMILES string of the molecule is COc1nc(P(C)(C)=O)ccc1NCC#Cc1sc2c(N[C@@H]3CCN(C4CCOCC4)C[C@@H]3F)cccc2c1CC(F)(F)F. The van der Waals surface area contributed by atoms with Crippen molar-refractivity contribution < 1.29 is 31.6 Å². The predicted molar refractivity (Wildman–Crippen MR) is 169 cm³/mol. The Balaban J connectivity index is 1.34. The highest BCUT2D eigenvalue weighted by atomic mass is 32.1. The zero-order chi connectivity index (χ0) is 31.5. The van der Waals surface area contributed by atoms with Crippen LogP contribution in [0, 0.1) is 11.8 Å². The molecule has 4 heterocycles. The van der Waals surface area contributed by atoms with Crippen molar-refractivity contribution in [2.75, 3.05) is 63.9 Å². The highest BCUT2D eigenvalue weighted by molar-refractivity contribution is 7.69. The van der Waals surface area contributed by atoms with Crippen LogP contribution in [0.5, 0.6) is 5.88 Å². The van der Waals surface area contributed by atoms with Crippen molar-refractivity contribution in [3.8, 4) is 17.7 Å². The van der Waals surface area contributed by atoms with E-state index in [1.807, 2.05) is 0 Å². The number of rotatable bonds is 8. The molecule has 1 aromatic carbocycles. The first kappa shape index (κ1) is 32.6. The van der Waals surface area contributed by atoms with Crippen LogP contribution in [-0.4, -0.2) is 87.6 Å². The Morgan fingerprint density at radius 1 is 1.16 bits per heavy atom. The number of alkyl halides is 4. The molecule has 2 aromatic heterocycles. The average molecular weight is 653 g/mol. The zero-order valence-electron chi connectivity index (χ0n) is 25.0. The van der Waals surface area contributed by atoms with Gasteiger partial charge in [-0.1, -0.05) is 24.0 Å². The van der Waals surface area contributed by atoms with Crippen molar-refractivity contribution in [1.82, 2.24) is 9.88 Å². The van der Waals surface area contributed by atoms with E-state index in [9.17, 15) is 17.7 Å². The number of ether oxygens (including phenoxy) is 2. The van der Waals surface area contributed by atoms with Gasteiger partial charge in [0.15, 0.2) is 0 Å². The Hall–Kier alpha value is -2.84. The maximum atomic E-state index is 15.4. The molecule has 0 unspecified atom stereocenters. The molecule has 2 N–H and O–H groups in total. The second-order valence-electron chi connectivity index (χ2n) is 11.5. The minimum atomic E-state index is -4.42. The van der Waals surface area contributed by atoms with Crippen LogP contribution in [0.1, 0.15) is 29.7 Å². The van der Waals surface area contributed by atoms with Crippen LogP contribution in [0.2, 0.25) is 0 Å². The lowest BCUT2D eigenvalue weighted by Gasteiger charge is -2.41. The largest absolute Gasteiger partial charge is 0.480 e. The molecule has 2 aliphatic heterocycles. The lowest BCUT2D eigenvalue weighted by molar-refractivity contribution is -0.126. The molecule has 3 aromatic rings. The normalized spacial score (nSPS) is 20.2. The minimum absolute atomic E-state index is 0.116. The molecule has 0 saturated carbocycles. The van der Waals surface area contributed by atoms with Crippen LogP contribution in [-0.2, 0) is 15.7 Å². The summed E-state index contributed by atoms with van der Waals surface area (Å²) in [5, 5.41) is 6.86. The van der Waals surface area contributed by atoms with Gasteiger partial charge in [-0.3, -0.25) is 4.90 Å². The number of benzene rings is 1. The van der Waals surface area contributed by atoms with Gasteiger partial charge in [-0.05, 0) is 61.7 Å². The molecule has 5 rings (SSSR count). The van der Waals surface area contributed by atoms with Gasteiger partial charge in [-0.25, -0.2) is 9.37 Å². The number of anilines is 2. The molecule has 0 aliphatic carbocycles. The number of pyridine rings is 1. The summed E-state index contributed by atoms with van der Waals surface area (Å²) in [6, 6.07) is 8.40. The van der Waals surface area contributed by atoms with Crippen molar-refractivity contribution in [3.63, 3.8) is 0 Å². The molecule has 0 radical (unpaired) electrons. The fraction of sp³-hybridized carbons (Fsp3) is 0.516. The number of aromatic nitrogens is 1. The fourth-order valence-electron chi connectivity index (χ4n) is 5.72. The number of thiophene rings is 1. The van der Waals surface area contributed by atoms with E-state index in [1.165, 1.54) is 18.4 Å². The van der Waals surface area contributed by atoms with Gasteiger partial charge in [0.2, 0.25) is 5.88 Å². The third-order valence-electron chi connectivity index (χ3n) is 7.98. The molecule has 44 heavy (non-hydrogen) atoms. The second kappa shape index (κ2) is 13.7. The summed E-state index contributed by atoms with van der Waals surface area (Å²) in [4.78, 5) is 6.83. The van der Waals surface area contributed by atoms with Crippen molar-refractivity contribution in [1.29, 1.82) is 0 Å². The molecule has 0 spiro atoms. The standard InChI is InChI=1S/C31H37F4N4O3PS/c1-41-30-26(9-10-28(38-30)43(2,3)40)36-14-5-8-27-22(18-31(33,34)35)21-6-4-7-25(29(21)44-27)37-24-11-15-39(19-23(24)32)20-12-16-42-17-13-20/h4,6-7,9-10,20,23-24,36-37H,11-19H2,1-3H3/t23-,24+/m0/s1. The first-order valence-electron chi connectivity index (χ1n) is 14.6. The molecule has 7 nitrogen and oxygen atoms in total. The van der Waals surface area contributed by atoms with E-state index in [0.717, 1.165) is 19.4 Å². The quantitative estimate of drug-likeness (QED) is 0.173. The summed E-state index contributed by atoms with van der Waals surface area (Å²) in [6.45, 7) is 5.82. The van der Waals surface area contributed by atoms with Crippen LogP contribution >= 0.6 is 18.5 Å². The van der Waals surface area contributed by atoms with E-state index >= 15 is 4.39 Å². The topological polar surface area (TPSA) is 75.7 Å². The molecule has 0 amide bonds. The van der Waals surface area contributed by atoms with E-state index in [4.69, 9.17) is 9.47 Å². The van der Waals surface area contributed by atoms with E-state index < -0.39 is 32.0 Å². The number of hydrogen-bond acceptors (Lipinski definition) is 8. The van der Waals surface area contributed by atoms with Crippen molar-refractivity contribution >= 4 is 45.4 Å². The second-order valence-corrected chi connectivity index (χ2v) is 15.7. The van der Waals surface area contributed by atoms with Gasteiger partial charge >= 0.3 is 6.18 Å². The summed E-state index contributed by atoms with van der Waals surface area (Å²) in [6.07, 6.45) is -4.25. The molecule has 2 atom stereocenters. The lowest BCUT2D eigenvalue weighted by atomic mass is 9.98. The smallest absolute Gasteiger partial charge is 0.393 e. The van der Waals surface area contributed by atoms with Gasteiger partial charge in [-0.2, -0.15) is 13.2 Å². The molecular weight excluding hydrogens is 615 g/mol. The lowest BCUT2D eigenvalue weighted by Crippen LogP contribution is -2.52. The number of nitrogens with zero attached hydrogens (tertiary/aromatic N) is 2. The number of nitrogens with one attached hydrogen (secondary N) is 2. The first-order valence-corrected chi connectivity index (χ1v) is 18.0. The maximum Gasteiger partial charge on any atom is 0.393 e. The summed E-state index contributed by atoms with van der Waals surface area (Å²) in [7, 11) is -1.14. The Kier molecular flexibility index (Phi) is 10.1. The highest BCUT2D eigenvalue weighted by Crippen LogP contribution is 2.40. The van der Waals surface area contributed by atoms with Gasteiger partial charge in [0.05, 0.1) is 47.1 Å². The molecular formula is C31H37F4N4O3PS. The van der Waals surface area contributed by atoms with E-state index in [-0.39, 0.29) is 18.0 Å². The number of halogens is 4. The summed E-state index contributed by atoms with van der Waals surface area (Å²) >= 11 is 1.18. The maximum absolute atomic E-state index is 15.4. The van der Waals surface area contributed by atoms with Gasteiger partial charge < -0.3 is 24.7 Å². The molecule has 2 saturated heterocycles. The Labute approximate surface area is 259 Å². The van der Waals surface area contributed by atoms with Crippen LogP contribution in [0.3, 0.4) is 0 Å². The van der Waals surface area contributed by atoms with Crippen LogP contribution in [0.25, 0.3) is 10.1 Å². The van der Waals surface area contributed by atoms with Crippen LogP contribution in [0.4, 0.5) is 28.9 Å². The van der Waals surface area contributed by atoms with Crippen LogP contribution < -0.4 is 20.8 Å². The number of likely N-dealkylation sites (tertiary alicyclic amines) is 1. The third-order valence-corrected chi connectivity index (χ3v) is 10.5. The summed E-state index contributed by atoms with van der Waals surface area (Å²) < 4.78 is 80.2. The van der Waals surface area contributed by atoms with Gasteiger partial charge in [0.1, 0.15) is 18.7 Å². The summed E-state index contributed by atoms with van der Waals surface area (Å²) in [5.74, 6) is 6.12. The van der Waals surface area contributed by atoms with Gasteiger partial charge in [0, 0.05) is 32.3 Å². The van der Waals surface area contributed by atoms with Gasteiger partial charge in [0.25, 0.3) is 0 Å². The molecule has 238 valence electrons. The fourth-order valence-corrected chi connectivity index (χ4v) is 7.65. The molecule has 2 fully saturated rings. The first-order chi connectivity index (χ1) is 20.9. The van der Waals surface area contributed by atoms with Crippen molar-refractivity contribution in [2.24, 2.45) is 0 Å². The Bertz CT molecular complexity index is 1580. The van der Waals surface area contributed by atoms with E-state index in [2.05, 4.69) is 32.4 Å². The minimum Gasteiger partial charge on any atom is -0.480 e. The van der Waals surface area contributed by atoms with Crippen LogP contribution in [0.15, 0.2) is 30.3 Å². The molecule has 2 aliphatic rings. The highest BCUT2D eigenvalue weighted by Gasteiger charge is 2.34. The number of piperidine rings is 1. The van der Waals surface area contributed by atoms with Crippen molar-refractivity contribution in [3.05, 3.63) is 40.8 Å². The molecule has 0 bridgehead atoms. The van der Waals surface area contributed by atoms with E-state index in [1.54, 1.807) is 43.7 Å². The van der Waals surface area contributed by atoms with Gasteiger partial charge in [-0.15, -0.1) is 11.3 Å². The number of fused-ring (bicyclic) bond motifs is 1. The number of methoxy groups -OCH3 is 1. The number of hydrogen-bond donors (Lipinski definition) is 2. The summed E-state index contributed by atoms with van der Waals surface area (Å²) in [5.41, 5.74) is 1.70. The monoisotopic (exact) mass is 652 g/mol. The third kappa shape index (κ3) is 7.86. The average Bonchev–Trinajstić information content (AvgIpc) is 3.32. The van der Waals surface area contributed by atoms with Crippen molar-refractivity contribution in [2.45, 2.75) is 50.1 Å². The van der Waals surface area contributed by atoms with E-state index in [0.29, 0.717) is 64.0 Å². The molecule has 13 heteroatoms.